The minimum Gasteiger partial charge on any atom is -0.478 e. The Hall–Kier alpha value is -2.63. The smallest absolute Gasteiger partial charge is 0.335 e. The third kappa shape index (κ3) is 3.77. The van der Waals surface area contributed by atoms with E-state index in [-0.39, 0.29) is 0 Å². The Morgan fingerprint density at radius 1 is 1.16 bits per heavy atom. The topological polar surface area (TPSA) is 65.6 Å². The van der Waals surface area contributed by atoms with Gasteiger partial charge >= 0.3 is 5.97 Å². The van der Waals surface area contributed by atoms with Crippen LogP contribution in [-0.4, -0.2) is 53.3 Å². The minimum absolute atomic E-state index is 0.351. The van der Waals surface area contributed by atoms with E-state index < -0.39 is 5.97 Å². The molecule has 5 rings (SSSR count). The Morgan fingerprint density at radius 2 is 1.94 bits per heavy atom. The molecule has 0 spiro atoms. The van der Waals surface area contributed by atoms with Gasteiger partial charge in [0.1, 0.15) is 0 Å². The molecular weight excluding hydrogens is 388 g/mol. The monoisotopic (exact) mass is 418 g/mol. The fraction of sp³-hybridized carbons (Fsp3) is 0.423. The molecule has 162 valence electrons. The van der Waals surface area contributed by atoms with Gasteiger partial charge in [-0.2, -0.15) is 0 Å². The van der Waals surface area contributed by atoms with Crippen molar-refractivity contribution in [2.75, 3.05) is 26.3 Å². The van der Waals surface area contributed by atoms with E-state index in [4.69, 9.17) is 4.74 Å². The summed E-state index contributed by atoms with van der Waals surface area (Å²) in [5.74, 6) is 0.0319. The van der Waals surface area contributed by atoms with E-state index in [2.05, 4.69) is 35.9 Å². The van der Waals surface area contributed by atoms with Crippen LogP contribution in [-0.2, 0) is 11.2 Å². The van der Waals surface area contributed by atoms with Crippen molar-refractivity contribution in [3.05, 3.63) is 70.4 Å². The molecule has 0 radical (unpaired) electrons. The van der Waals surface area contributed by atoms with Crippen molar-refractivity contribution in [3.8, 4) is 0 Å². The van der Waals surface area contributed by atoms with Crippen LogP contribution in [0.2, 0.25) is 0 Å². The van der Waals surface area contributed by atoms with Gasteiger partial charge in [-0.05, 0) is 85.5 Å². The lowest BCUT2D eigenvalue weighted by Gasteiger charge is -2.45. The van der Waals surface area contributed by atoms with Crippen molar-refractivity contribution in [3.63, 3.8) is 0 Å². The summed E-state index contributed by atoms with van der Waals surface area (Å²) < 4.78 is 5.45. The number of fused-ring (bicyclic) bond motifs is 1. The quantitative estimate of drug-likeness (QED) is 0.639. The second kappa shape index (κ2) is 8.13. The van der Waals surface area contributed by atoms with Gasteiger partial charge in [-0.15, -0.1) is 0 Å². The number of nitrogens with zero attached hydrogens (tertiary/aromatic N) is 1. The number of aromatic amines is 1. The highest BCUT2D eigenvalue weighted by Gasteiger charge is 2.36. The molecule has 0 unspecified atom stereocenters. The molecule has 2 atom stereocenters. The first kappa shape index (κ1) is 20.3. The molecule has 1 aromatic heterocycles. The highest BCUT2D eigenvalue weighted by molar-refractivity contribution is 5.88. The van der Waals surface area contributed by atoms with Gasteiger partial charge in [0.05, 0.1) is 24.8 Å². The summed E-state index contributed by atoms with van der Waals surface area (Å²) in [6, 6.07) is 12.6. The molecule has 5 nitrogen and oxygen atoms in total. The van der Waals surface area contributed by atoms with E-state index in [0.29, 0.717) is 23.4 Å². The number of carboxylic acids is 1. The van der Waals surface area contributed by atoms with E-state index in [1.807, 2.05) is 18.3 Å². The van der Waals surface area contributed by atoms with Gasteiger partial charge in [0.25, 0.3) is 0 Å². The number of aromatic nitrogens is 1. The zero-order valence-electron chi connectivity index (χ0n) is 18.2. The van der Waals surface area contributed by atoms with Gasteiger partial charge in [0, 0.05) is 23.6 Å². The molecule has 31 heavy (non-hydrogen) atoms. The second-order valence-corrected chi connectivity index (χ2v) is 9.23. The predicted molar refractivity (Wildman–Crippen MR) is 122 cm³/mol. The maximum absolute atomic E-state index is 11.3. The van der Waals surface area contributed by atoms with Crippen LogP contribution < -0.4 is 0 Å². The number of ether oxygens (including phenoxy) is 1. The van der Waals surface area contributed by atoms with Crippen LogP contribution in [0.1, 0.15) is 45.0 Å². The van der Waals surface area contributed by atoms with E-state index in [9.17, 15) is 9.90 Å². The highest BCUT2D eigenvalue weighted by Crippen LogP contribution is 2.38. The molecule has 3 aromatic rings. The van der Waals surface area contributed by atoms with Gasteiger partial charge < -0.3 is 14.8 Å². The van der Waals surface area contributed by atoms with E-state index >= 15 is 0 Å². The van der Waals surface area contributed by atoms with Crippen molar-refractivity contribution in [2.24, 2.45) is 5.92 Å². The Morgan fingerprint density at radius 3 is 2.61 bits per heavy atom. The molecule has 0 saturated carbocycles. The second-order valence-electron chi connectivity index (χ2n) is 9.23. The lowest BCUT2D eigenvalue weighted by Crippen LogP contribution is -2.53. The standard InChI is InChI=1S/C26H30N2O3/c1-16-11-17(2)25-22(7-9-27-25)23(16)12-20-8-10-28(21-14-31-15-21)13-24(20)18-3-5-19(6-4-18)26(29)30/h3-7,9,11,20-21,24,27H,8,10,12-15H2,1-2H3,(H,29,30)/t20-,24-/m0/s1. The number of benzene rings is 2. The number of piperidine rings is 1. The molecular formula is C26H30N2O3. The average Bonchev–Trinajstić information content (AvgIpc) is 3.21. The van der Waals surface area contributed by atoms with E-state index in [1.54, 1.807) is 12.1 Å². The third-order valence-electron chi connectivity index (χ3n) is 7.35. The number of carboxylic acid groups (broad SMARTS) is 1. The molecule has 2 saturated heterocycles. The summed E-state index contributed by atoms with van der Waals surface area (Å²) in [6.07, 6.45) is 4.23. The van der Waals surface area contributed by atoms with Gasteiger partial charge in [-0.1, -0.05) is 18.2 Å². The zero-order chi connectivity index (χ0) is 21.5. The summed E-state index contributed by atoms with van der Waals surface area (Å²) in [4.78, 5) is 17.3. The Kier molecular flexibility index (Phi) is 5.32. The predicted octanol–water partition coefficient (Wildman–Crippen LogP) is 4.53. The number of aromatic carboxylic acids is 1. The van der Waals surface area contributed by atoms with Gasteiger partial charge in [-0.3, -0.25) is 4.90 Å². The number of rotatable bonds is 5. The summed E-state index contributed by atoms with van der Waals surface area (Å²) in [6.45, 7) is 8.16. The van der Waals surface area contributed by atoms with Gasteiger partial charge in [0.2, 0.25) is 0 Å². The number of hydrogen-bond acceptors (Lipinski definition) is 3. The van der Waals surface area contributed by atoms with Crippen LogP contribution >= 0.6 is 0 Å². The first-order valence-corrected chi connectivity index (χ1v) is 11.2. The maximum Gasteiger partial charge on any atom is 0.335 e. The van der Waals surface area contributed by atoms with Crippen molar-refractivity contribution >= 4 is 16.9 Å². The van der Waals surface area contributed by atoms with Crippen LogP contribution in [0.15, 0.2) is 42.6 Å². The largest absolute Gasteiger partial charge is 0.478 e. The molecule has 2 fully saturated rings. The lowest BCUT2D eigenvalue weighted by atomic mass is 9.76. The Balaban J connectivity index is 1.47. The first-order chi connectivity index (χ1) is 15.0. The number of hydrogen-bond donors (Lipinski definition) is 2. The van der Waals surface area contributed by atoms with Crippen LogP contribution in [0.3, 0.4) is 0 Å². The van der Waals surface area contributed by atoms with Crippen molar-refractivity contribution in [1.29, 1.82) is 0 Å². The van der Waals surface area contributed by atoms with Crippen LogP contribution in [0.5, 0.6) is 0 Å². The van der Waals surface area contributed by atoms with Crippen LogP contribution in [0.25, 0.3) is 10.9 Å². The SMILES string of the molecule is Cc1cc(C)c2[nH]ccc2c1C[C@@H]1CCN(C2COC2)C[C@H]1c1ccc(C(=O)O)cc1. The first-order valence-electron chi connectivity index (χ1n) is 11.2. The Bertz CT molecular complexity index is 1100. The fourth-order valence-corrected chi connectivity index (χ4v) is 5.46. The third-order valence-corrected chi connectivity index (χ3v) is 7.35. The lowest BCUT2D eigenvalue weighted by molar-refractivity contribution is -0.0769. The number of likely N-dealkylation sites (tertiary alicyclic amines) is 1. The summed E-state index contributed by atoms with van der Waals surface area (Å²) in [5.41, 5.74) is 6.94. The summed E-state index contributed by atoms with van der Waals surface area (Å²) in [7, 11) is 0. The van der Waals surface area contributed by atoms with Crippen LogP contribution in [0.4, 0.5) is 0 Å². The fourth-order valence-electron chi connectivity index (χ4n) is 5.46. The molecule has 3 heterocycles. The van der Waals surface area contributed by atoms with Crippen molar-refractivity contribution in [1.82, 2.24) is 9.88 Å². The number of H-pyrrole nitrogens is 1. The molecule has 2 N–H and O–H groups in total. The molecule has 0 aliphatic carbocycles. The normalized spacial score (nSPS) is 22.5. The zero-order valence-corrected chi connectivity index (χ0v) is 18.2. The van der Waals surface area contributed by atoms with E-state index in [0.717, 1.165) is 39.1 Å². The van der Waals surface area contributed by atoms with Gasteiger partial charge in [-0.25, -0.2) is 4.79 Å². The molecule has 0 amide bonds. The number of aryl methyl sites for hydroxylation is 2. The molecule has 5 heteroatoms. The summed E-state index contributed by atoms with van der Waals surface area (Å²) in [5, 5.41) is 10.6. The number of nitrogens with one attached hydrogen (secondary N) is 1. The molecule has 2 aliphatic heterocycles. The maximum atomic E-state index is 11.3. The summed E-state index contributed by atoms with van der Waals surface area (Å²) >= 11 is 0. The molecule has 2 aromatic carbocycles. The van der Waals surface area contributed by atoms with Gasteiger partial charge in [0.15, 0.2) is 0 Å². The number of carbonyl (C=O) groups is 1. The Labute approximate surface area is 183 Å². The average molecular weight is 419 g/mol. The molecule has 0 bridgehead atoms. The van der Waals surface area contributed by atoms with Crippen LogP contribution in [0, 0.1) is 19.8 Å². The van der Waals surface area contributed by atoms with E-state index in [1.165, 1.54) is 33.2 Å². The highest BCUT2D eigenvalue weighted by atomic mass is 16.5. The van der Waals surface area contributed by atoms with Crippen molar-refractivity contribution in [2.45, 2.75) is 38.6 Å². The minimum atomic E-state index is -0.870. The molecule has 2 aliphatic rings. The van der Waals surface area contributed by atoms with Crippen molar-refractivity contribution < 1.29 is 14.6 Å².